The van der Waals surface area contributed by atoms with E-state index >= 15 is 0 Å². The summed E-state index contributed by atoms with van der Waals surface area (Å²) in [4.78, 5) is 25.1. The molecule has 8 heteroatoms. The first-order valence-corrected chi connectivity index (χ1v) is 10.8. The molecule has 3 aromatic rings. The number of thioether (sulfide) groups is 1. The Hall–Kier alpha value is -3.36. The molecule has 31 heavy (non-hydrogen) atoms. The SMILES string of the molecule is COC(=O)c1ccccc1NC(=O)CSc1cccc(NC(=S)Nc2ccccc2)c1. The maximum atomic E-state index is 12.4. The molecule has 3 aromatic carbocycles. The van der Waals surface area contributed by atoms with Crippen LogP contribution in [0.4, 0.5) is 17.1 Å². The Morgan fingerprint density at radius 2 is 1.55 bits per heavy atom. The van der Waals surface area contributed by atoms with Gasteiger partial charge in [-0.2, -0.15) is 0 Å². The third-order valence-corrected chi connectivity index (χ3v) is 5.30. The lowest BCUT2D eigenvalue weighted by molar-refractivity contribution is -0.113. The largest absolute Gasteiger partial charge is 0.465 e. The molecule has 1 amide bonds. The molecule has 0 atom stereocenters. The van der Waals surface area contributed by atoms with E-state index in [1.165, 1.54) is 18.9 Å². The Morgan fingerprint density at radius 1 is 0.871 bits per heavy atom. The molecule has 0 aliphatic rings. The summed E-state index contributed by atoms with van der Waals surface area (Å²) < 4.78 is 4.75. The summed E-state index contributed by atoms with van der Waals surface area (Å²) >= 11 is 6.73. The zero-order chi connectivity index (χ0) is 22.1. The molecule has 3 N–H and O–H groups in total. The monoisotopic (exact) mass is 451 g/mol. The number of carbonyl (C=O) groups is 2. The Labute approximate surface area is 190 Å². The quantitative estimate of drug-likeness (QED) is 0.265. The van der Waals surface area contributed by atoms with E-state index < -0.39 is 5.97 Å². The molecular formula is C23H21N3O3S2. The van der Waals surface area contributed by atoms with E-state index in [9.17, 15) is 9.59 Å². The van der Waals surface area contributed by atoms with Crippen LogP contribution in [0.1, 0.15) is 10.4 Å². The van der Waals surface area contributed by atoms with E-state index in [0.29, 0.717) is 16.4 Å². The first-order valence-electron chi connectivity index (χ1n) is 9.38. The van der Waals surface area contributed by atoms with Crippen LogP contribution in [0.3, 0.4) is 0 Å². The van der Waals surface area contributed by atoms with Crippen LogP contribution in [0, 0.1) is 0 Å². The number of para-hydroxylation sites is 2. The van der Waals surface area contributed by atoms with Crippen molar-refractivity contribution in [3.05, 3.63) is 84.4 Å². The summed E-state index contributed by atoms with van der Waals surface area (Å²) in [6.45, 7) is 0. The first kappa shape index (κ1) is 22.3. The van der Waals surface area contributed by atoms with Gasteiger partial charge in [0.25, 0.3) is 0 Å². The minimum Gasteiger partial charge on any atom is -0.465 e. The number of ether oxygens (including phenoxy) is 1. The maximum absolute atomic E-state index is 12.4. The second kappa shape index (κ2) is 11.1. The number of amides is 1. The number of methoxy groups -OCH3 is 1. The molecule has 0 saturated carbocycles. The maximum Gasteiger partial charge on any atom is 0.339 e. The van der Waals surface area contributed by atoms with Crippen molar-refractivity contribution in [3.63, 3.8) is 0 Å². The topological polar surface area (TPSA) is 79.5 Å². The predicted molar refractivity (Wildman–Crippen MR) is 130 cm³/mol. The van der Waals surface area contributed by atoms with Crippen LogP contribution < -0.4 is 16.0 Å². The molecule has 0 saturated heterocycles. The smallest absolute Gasteiger partial charge is 0.339 e. The van der Waals surface area contributed by atoms with Gasteiger partial charge in [-0.15, -0.1) is 11.8 Å². The second-order valence-electron chi connectivity index (χ2n) is 6.35. The van der Waals surface area contributed by atoms with Crippen LogP contribution in [0.5, 0.6) is 0 Å². The fourth-order valence-corrected chi connectivity index (χ4v) is 3.68. The number of anilines is 3. The first-order chi connectivity index (χ1) is 15.0. The van der Waals surface area contributed by atoms with E-state index in [-0.39, 0.29) is 11.7 Å². The van der Waals surface area contributed by atoms with Crippen LogP contribution in [0.25, 0.3) is 0 Å². The number of rotatable bonds is 7. The second-order valence-corrected chi connectivity index (χ2v) is 7.80. The van der Waals surface area contributed by atoms with Gasteiger partial charge < -0.3 is 20.7 Å². The zero-order valence-electron chi connectivity index (χ0n) is 16.8. The molecule has 0 unspecified atom stereocenters. The van der Waals surface area contributed by atoms with Crippen LogP contribution in [-0.2, 0) is 9.53 Å². The minimum atomic E-state index is -0.498. The fourth-order valence-electron chi connectivity index (χ4n) is 2.69. The van der Waals surface area contributed by atoms with Crippen molar-refractivity contribution in [3.8, 4) is 0 Å². The van der Waals surface area contributed by atoms with Gasteiger partial charge in [-0.25, -0.2) is 4.79 Å². The normalized spacial score (nSPS) is 10.1. The van der Waals surface area contributed by atoms with Gasteiger partial charge in [0.15, 0.2) is 5.11 Å². The molecular weight excluding hydrogens is 430 g/mol. The van der Waals surface area contributed by atoms with Crippen molar-refractivity contribution in [2.24, 2.45) is 0 Å². The third kappa shape index (κ3) is 6.84. The summed E-state index contributed by atoms with van der Waals surface area (Å²) in [5.74, 6) is -0.533. The van der Waals surface area contributed by atoms with Gasteiger partial charge in [0.1, 0.15) is 0 Å². The molecule has 0 aliphatic carbocycles. The van der Waals surface area contributed by atoms with Gasteiger partial charge in [-0.3, -0.25) is 4.79 Å². The summed E-state index contributed by atoms with van der Waals surface area (Å²) in [7, 11) is 1.30. The van der Waals surface area contributed by atoms with Crippen molar-refractivity contribution in [2.75, 3.05) is 28.8 Å². The van der Waals surface area contributed by atoms with Gasteiger partial charge in [-0.05, 0) is 54.7 Å². The molecule has 0 aliphatic heterocycles. The average molecular weight is 452 g/mol. The standard InChI is InChI=1S/C23H21N3O3S2/c1-29-22(28)19-12-5-6-13-20(19)26-21(27)15-31-18-11-7-10-17(14-18)25-23(30)24-16-8-3-2-4-9-16/h2-14H,15H2,1H3,(H,26,27)(H2,24,25,30). The van der Waals surface area contributed by atoms with E-state index in [2.05, 4.69) is 16.0 Å². The van der Waals surface area contributed by atoms with E-state index in [0.717, 1.165) is 16.3 Å². The molecule has 158 valence electrons. The number of thiocarbonyl (C=S) groups is 1. The van der Waals surface area contributed by atoms with Crippen molar-refractivity contribution >= 4 is 58.0 Å². The van der Waals surface area contributed by atoms with Gasteiger partial charge in [0.2, 0.25) is 5.91 Å². The Kier molecular flexibility index (Phi) is 8.03. The van der Waals surface area contributed by atoms with Crippen LogP contribution >= 0.6 is 24.0 Å². The van der Waals surface area contributed by atoms with E-state index in [4.69, 9.17) is 17.0 Å². The number of hydrogen-bond donors (Lipinski definition) is 3. The van der Waals surface area contributed by atoms with Crippen molar-refractivity contribution in [1.82, 2.24) is 0 Å². The minimum absolute atomic E-state index is 0.186. The van der Waals surface area contributed by atoms with E-state index in [1.54, 1.807) is 24.3 Å². The molecule has 0 heterocycles. The Bertz CT molecular complexity index is 1070. The lowest BCUT2D eigenvalue weighted by Gasteiger charge is -2.12. The van der Waals surface area contributed by atoms with Gasteiger partial charge in [-0.1, -0.05) is 36.4 Å². The van der Waals surface area contributed by atoms with Gasteiger partial charge in [0.05, 0.1) is 24.1 Å². The Balaban J connectivity index is 1.55. The van der Waals surface area contributed by atoms with Crippen LogP contribution in [0.2, 0.25) is 0 Å². The van der Waals surface area contributed by atoms with Crippen molar-refractivity contribution in [2.45, 2.75) is 4.90 Å². The van der Waals surface area contributed by atoms with Crippen molar-refractivity contribution in [1.29, 1.82) is 0 Å². The summed E-state index contributed by atoms with van der Waals surface area (Å²) in [5.41, 5.74) is 2.45. The highest BCUT2D eigenvalue weighted by atomic mass is 32.2. The summed E-state index contributed by atoms with van der Waals surface area (Å²) in [6, 6.07) is 24.0. The number of hydrogen-bond acceptors (Lipinski definition) is 5. The predicted octanol–water partition coefficient (Wildman–Crippen LogP) is 5.01. The number of nitrogens with one attached hydrogen (secondary N) is 3. The number of carbonyl (C=O) groups excluding carboxylic acids is 2. The highest BCUT2D eigenvalue weighted by Gasteiger charge is 2.13. The van der Waals surface area contributed by atoms with Crippen molar-refractivity contribution < 1.29 is 14.3 Å². The molecule has 6 nitrogen and oxygen atoms in total. The highest BCUT2D eigenvalue weighted by molar-refractivity contribution is 8.00. The van der Waals surface area contributed by atoms with Gasteiger partial charge in [0, 0.05) is 16.3 Å². The number of esters is 1. The molecule has 0 spiro atoms. The molecule has 0 aromatic heterocycles. The Morgan fingerprint density at radius 3 is 2.32 bits per heavy atom. The number of benzene rings is 3. The third-order valence-electron chi connectivity index (χ3n) is 4.10. The fraction of sp³-hybridized carbons (Fsp3) is 0.0870. The highest BCUT2D eigenvalue weighted by Crippen LogP contribution is 2.23. The lowest BCUT2D eigenvalue weighted by Crippen LogP contribution is -2.19. The molecule has 0 fully saturated rings. The summed E-state index contributed by atoms with van der Waals surface area (Å²) in [6.07, 6.45) is 0. The van der Waals surface area contributed by atoms with Crippen LogP contribution in [-0.4, -0.2) is 29.9 Å². The average Bonchev–Trinajstić information content (AvgIpc) is 2.78. The molecule has 3 rings (SSSR count). The zero-order valence-corrected chi connectivity index (χ0v) is 18.4. The van der Waals surface area contributed by atoms with E-state index in [1.807, 2.05) is 54.6 Å². The summed E-state index contributed by atoms with van der Waals surface area (Å²) in [5, 5.41) is 9.50. The lowest BCUT2D eigenvalue weighted by atomic mass is 10.2. The van der Waals surface area contributed by atoms with Gasteiger partial charge >= 0.3 is 5.97 Å². The molecule has 0 radical (unpaired) electrons. The van der Waals surface area contributed by atoms with Crippen LogP contribution in [0.15, 0.2) is 83.8 Å². The molecule has 0 bridgehead atoms.